The molecule has 1 aromatic carbocycles. The van der Waals surface area contributed by atoms with E-state index in [-0.39, 0.29) is 30.9 Å². The summed E-state index contributed by atoms with van der Waals surface area (Å²) in [6, 6.07) is 6.43. The number of benzene rings is 1. The average Bonchev–Trinajstić information content (AvgIpc) is 2.43. The van der Waals surface area contributed by atoms with Gasteiger partial charge in [0.2, 0.25) is 5.91 Å². The Morgan fingerprint density at radius 1 is 1.25 bits per heavy atom. The first-order valence-corrected chi connectivity index (χ1v) is 6.82. The second kappa shape index (κ2) is 8.55. The molecule has 1 atom stereocenters. The number of aliphatic hydroxyl groups excluding tert-OH is 1. The third-order valence-corrected chi connectivity index (χ3v) is 3.04. The molecule has 0 aliphatic carbocycles. The number of amides is 2. The van der Waals surface area contributed by atoms with Gasteiger partial charge < -0.3 is 15.7 Å². The first-order chi connectivity index (χ1) is 9.52. The third kappa shape index (κ3) is 6.04. The molecule has 0 aromatic heterocycles. The van der Waals surface area contributed by atoms with Crippen LogP contribution in [-0.4, -0.2) is 36.6 Å². The Hall–Kier alpha value is -1.59. The highest BCUT2D eigenvalue weighted by molar-refractivity contribution is 6.30. The fraction of sp³-hybridized carbons (Fsp3) is 0.429. The van der Waals surface area contributed by atoms with Gasteiger partial charge in [0.15, 0.2) is 0 Å². The van der Waals surface area contributed by atoms with Gasteiger partial charge in [-0.25, -0.2) is 0 Å². The quantitative estimate of drug-likeness (QED) is 0.708. The first kappa shape index (κ1) is 16.5. The highest BCUT2D eigenvalue weighted by Crippen LogP contribution is 2.09. The van der Waals surface area contributed by atoms with Crippen LogP contribution < -0.4 is 10.6 Å². The molecule has 6 heteroatoms. The highest BCUT2D eigenvalue weighted by atomic mass is 35.5. The summed E-state index contributed by atoms with van der Waals surface area (Å²) in [5.74, 6) is -0.367. The molecule has 1 aromatic rings. The van der Waals surface area contributed by atoms with E-state index in [1.807, 2.05) is 6.92 Å². The number of carbonyl (C=O) groups excluding carboxylic acids is 2. The van der Waals surface area contributed by atoms with Gasteiger partial charge in [0.05, 0.1) is 6.54 Å². The molecule has 0 heterocycles. The van der Waals surface area contributed by atoms with E-state index in [9.17, 15) is 9.59 Å². The molecule has 0 saturated heterocycles. The fourth-order valence-electron chi connectivity index (χ4n) is 1.54. The molecule has 0 spiro atoms. The summed E-state index contributed by atoms with van der Waals surface area (Å²) in [6.07, 6.45) is 0.636. The van der Waals surface area contributed by atoms with Gasteiger partial charge in [0.1, 0.15) is 0 Å². The van der Waals surface area contributed by atoms with E-state index in [0.717, 1.165) is 0 Å². The van der Waals surface area contributed by atoms with Crippen molar-refractivity contribution in [2.24, 2.45) is 5.92 Å². The number of hydrogen-bond donors (Lipinski definition) is 3. The lowest BCUT2D eigenvalue weighted by Crippen LogP contribution is -2.38. The van der Waals surface area contributed by atoms with Crippen molar-refractivity contribution in [3.05, 3.63) is 34.9 Å². The van der Waals surface area contributed by atoms with Gasteiger partial charge in [0, 0.05) is 23.7 Å². The maximum absolute atomic E-state index is 11.7. The number of aliphatic hydroxyl groups is 1. The second-order valence-corrected chi connectivity index (χ2v) is 5.05. The summed E-state index contributed by atoms with van der Waals surface area (Å²) in [5.41, 5.74) is 0.454. The van der Waals surface area contributed by atoms with Gasteiger partial charge in [-0.2, -0.15) is 0 Å². The van der Waals surface area contributed by atoms with Crippen molar-refractivity contribution in [3.63, 3.8) is 0 Å². The van der Waals surface area contributed by atoms with Crippen molar-refractivity contribution in [2.45, 2.75) is 13.3 Å². The van der Waals surface area contributed by atoms with Crippen LogP contribution in [0.5, 0.6) is 0 Å². The van der Waals surface area contributed by atoms with Crippen molar-refractivity contribution in [1.29, 1.82) is 0 Å². The number of hydrogen-bond acceptors (Lipinski definition) is 3. The van der Waals surface area contributed by atoms with E-state index in [1.165, 1.54) is 0 Å². The minimum Gasteiger partial charge on any atom is -0.396 e. The molecule has 0 fully saturated rings. The van der Waals surface area contributed by atoms with Crippen LogP contribution >= 0.6 is 11.6 Å². The van der Waals surface area contributed by atoms with Gasteiger partial charge in [-0.15, -0.1) is 0 Å². The molecule has 5 nitrogen and oxygen atoms in total. The zero-order valence-corrected chi connectivity index (χ0v) is 12.1. The van der Waals surface area contributed by atoms with Crippen LogP contribution in [0.4, 0.5) is 0 Å². The monoisotopic (exact) mass is 298 g/mol. The SMILES string of the molecule is CC(CCO)CNC(=O)CNC(=O)c1ccc(Cl)cc1. The first-order valence-electron chi connectivity index (χ1n) is 6.44. The van der Waals surface area contributed by atoms with Gasteiger partial charge in [0.25, 0.3) is 5.91 Å². The van der Waals surface area contributed by atoms with Crippen molar-refractivity contribution in [1.82, 2.24) is 10.6 Å². The Bertz CT molecular complexity index is 448. The Morgan fingerprint density at radius 3 is 2.50 bits per heavy atom. The van der Waals surface area contributed by atoms with E-state index in [2.05, 4.69) is 10.6 Å². The Balaban J connectivity index is 2.30. The zero-order valence-electron chi connectivity index (χ0n) is 11.4. The lowest BCUT2D eigenvalue weighted by atomic mass is 10.1. The molecule has 0 radical (unpaired) electrons. The van der Waals surface area contributed by atoms with Crippen molar-refractivity contribution in [2.75, 3.05) is 19.7 Å². The molecule has 2 amide bonds. The third-order valence-electron chi connectivity index (χ3n) is 2.79. The minimum absolute atomic E-state index is 0.0761. The summed E-state index contributed by atoms with van der Waals surface area (Å²) in [6.45, 7) is 2.44. The van der Waals surface area contributed by atoms with Crippen LogP contribution in [0, 0.1) is 5.92 Å². The number of nitrogens with one attached hydrogen (secondary N) is 2. The molecular weight excluding hydrogens is 280 g/mol. The molecular formula is C14H19ClN2O3. The van der Waals surface area contributed by atoms with Crippen LogP contribution in [0.25, 0.3) is 0 Å². The van der Waals surface area contributed by atoms with E-state index in [4.69, 9.17) is 16.7 Å². The Labute approximate surface area is 123 Å². The van der Waals surface area contributed by atoms with Gasteiger partial charge >= 0.3 is 0 Å². The average molecular weight is 299 g/mol. The summed E-state index contributed by atoms with van der Waals surface area (Å²) >= 11 is 5.73. The molecule has 0 aliphatic rings. The summed E-state index contributed by atoms with van der Waals surface area (Å²) in [7, 11) is 0. The van der Waals surface area contributed by atoms with Crippen LogP contribution in [0.2, 0.25) is 5.02 Å². The number of carbonyl (C=O) groups is 2. The number of halogens is 1. The Kier molecular flexibility index (Phi) is 7.04. The van der Waals surface area contributed by atoms with Crippen LogP contribution in [0.3, 0.4) is 0 Å². The van der Waals surface area contributed by atoms with E-state index < -0.39 is 0 Å². The zero-order chi connectivity index (χ0) is 15.0. The van der Waals surface area contributed by atoms with Crippen LogP contribution in [0.15, 0.2) is 24.3 Å². The summed E-state index contributed by atoms with van der Waals surface area (Å²) < 4.78 is 0. The minimum atomic E-state index is -0.319. The van der Waals surface area contributed by atoms with Gasteiger partial charge in [-0.1, -0.05) is 18.5 Å². The molecule has 1 unspecified atom stereocenters. The second-order valence-electron chi connectivity index (χ2n) is 4.61. The molecule has 0 aliphatic heterocycles. The molecule has 0 bridgehead atoms. The lowest BCUT2D eigenvalue weighted by Gasteiger charge is -2.11. The van der Waals surface area contributed by atoms with Crippen LogP contribution in [0.1, 0.15) is 23.7 Å². The highest BCUT2D eigenvalue weighted by Gasteiger charge is 2.09. The topological polar surface area (TPSA) is 78.4 Å². The predicted octanol–water partition coefficient (Wildman–Crippen LogP) is 1.20. The smallest absolute Gasteiger partial charge is 0.251 e. The number of rotatable bonds is 7. The summed E-state index contributed by atoms with van der Waals surface area (Å²) in [5, 5.41) is 14.5. The molecule has 0 saturated carbocycles. The van der Waals surface area contributed by atoms with Crippen LogP contribution in [-0.2, 0) is 4.79 Å². The predicted molar refractivity (Wildman–Crippen MR) is 77.7 cm³/mol. The van der Waals surface area contributed by atoms with E-state index in [0.29, 0.717) is 23.6 Å². The lowest BCUT2D eigenvalue weighted by molar-refractivity contribution is -0.120. The fourth-order valence-corrected chi connectivity index (χ4v) is 1.66. The van der Waals surface area contributed by atoms with Gasteiger partial charge in [-0.3, -0.25) is 9.59 Å². The Morgan fingerprint density at radius 2 is 1.90 bits per heavy atom. The van der Waals surface area contributed by atoms with Gasteiger partial charge in [-0.05, 0) is 36.6 Å². The summed E-state index contributed by atoms with van der Waals surface area (Å²) in [4.78, 5) is 23.3. The largest absolute Gasteiger partial charge is 0.396 e. The maximum atomic E-state index is 11.7. The van der Waals surface area contributed by atoms with Crippen molar-refractivity contribution in [3.8, 4) is 0 Å². The van der Waals surface area contributed by atoms with Crippen molar-refractivity contribution < 1.29 is 14.7 Å². The standard InChI is InChI=1S/C14H19ClN2O3/c1-10(6-7-18)8-16-13(19)9-17-14(20)11-2-4-12(15)5-3-11/h2-5,10,18H,6-9H2,1H3,(H,16,19)(H,17,20). The van der Waals surface area contributed by atoms with E-state index >= 15 is 0 Å². The van der Waals surface area contributed by atoms with Crippen molar-refractivity contribution >= 4 is 23.4 Å². The van der Waals surface area contributed by atoms with E-state index in [1.54, 1.807) is 24.3 Å². The molecule has 20 heavy (non-hydrogen) atoms. The molecule has 110 valence electrons. The molecule has 1 rings (SSSR count). The maximum Gasteiger partial charge on any atom is 0.251 e. The molecule has 3 N–H and O–H groups in total. The normalized spacial score (nSPS) is 11.8.